The van der Waals surface area contributed by atoms with Gasteiger partial charge in [-0.3, -0.25) is 9.67 Å². The normalized spacial score (nSPS) is 18.9. The maximum atomic E-state index is 4.61. The third-order valence-corrected chi connectivity index (χ3v) is 4.97. The van der Waals surface area contributed by atoms with E-state index in [1.54, 1.807) is 0 Å². The highest BCUT2D eigenvalue weighted by molar-refractivity contribution is 8.14. The Morgan fingerprint density at radius 1 is 1.47 bits per heavy atom. The minimum Gasteiger partial charge on any atom is -0.363 e. The van der Waals surface area contributed by atoms with Crippen molar-refractivity contribution in [2.45, 2.75) is 45.4 Å². The molecule has 1 N–H and O–H groups in total. The fourth-order valence-corrected chi connectivity index (χ4v) is 3.76. The number of aromatic nitrogens is 2. The standard InChI is InChI=1S/C14H24N4S/c1-4-12(5-2)13-9-16-14(19-13)15-6-7-18-10-11(3)8-17-18/h8,10,12-13H,4-7,9H2,1-3H3,(H,15,16). The van der Waals surface area contributed by atoms with E-state index in [1.807, 2.05) is 22.6 Å². The SMILES string of the molecule is CCC(CC)C1CN=C(NCCn2cc(C)cn2)S1. The molecule has 0 aromatic carbocycles. The molecule has 4 nitrogen and oxygen atoms in total. The summed E-state index contributed by atoms with van der Waals surface area (Å²) in [4.78, 5) is 4.61. The topological polar surface area (TPSA) is 42.2 Å². The number of nitrogens with one attached hydrogen (secondary N) is 1. The summed E-state index contributed by atoms with van der Waals surface area (Å²) in [6.07, 6.45) is 6.47. The molecule has 1 aliphatic heterocycles. The van der Waals surface area contributed by atoms with Crippen LogP contribution in [0.3, 0.4) is 0 Å². The van der Waals surface area contributed by atoms with Crippen molar-refractivity contribution in [3.63, 3.8) is 0 Å². The Bertz CT molecular complexity index is 423. The minimum absolute atomic E-state index is 0.671. The zero-order valence-electron chi connectivity index (χ0n) is 12.1. The maximum Gasteiger partial charge on any atom is 0.156 e. The predicted molar refractivity (Wildman–Crippen MR) is 82.7 cm³/mol. The van der Waals surface area contributed by atoms with Gasteiger partial charge in [0.15, 0.2) is 5.17 Å². The molecule has 0 spiro atoms. The molecule has 0 radical (unpaired) electrons. The van der Waals surface area contributed by atoms with Crippen molar-refractivity contribution in [2.24, 2.45) is 10.9 Å². The summed E-state index contributed by atoms with van der Waals surface area (Å²) < 4.78 is 1.97. The summed E-state index contributed by atoms with van der Waals surface area (Å²) in [5.74, 6) is 0.793. The van der Waals surface area contributed by atoms with E-state index < -0.39 is 0 Å². The van der Waals surface area contributed by atoms with Crippen molar-refractivity contribution in [2.75, 3.05) is 13.1 Å². The van der Waals surface area contributed by atoms with Crippen LogP contribution in [-0.4, -0.2) is 33.3 Å². The van der Waals surface area contributed by atoms with Crippen LogP contribution in [0.2, 0.25) is 0 Å². The second kappa shape index (κ2) is 6.98. The Hall–Kier alpha value is -0.970. The molecule has 1 aromatic rings. The van der Waals surface area contributed by atoms with E-state index in [1.165, 1.54) is 18.4 Å². The average molecular weight is 280 g/mol. The van der Waals surface area contributed by atoms with Gasteiger partial charge in [0.25, 0.3) is 0 Å². The van der Waals surface area contributed by atoms with Gasteiger partial charge in [-0.25, -0.2) is 0 Å². The predicted octanol–water partition coefficient (Wildman–Crippen LogP) is 2.69. The van der Waals surface area contributed by atoms with Crippen molar-refractivity contribution in [1.82, 2.24) is 15.1 Å². The Labute approximate surface area is 120 Å². The number of hydrogen-bond acceptors (Lipinski definition) is 4. The molecule has 1 aromatic heterocycles. The smallest absolute Gasteiger partial charge is 0.156 e. The molecule has 0 amide bonds. The Kier molecular flexibility index (Phi) is 5.31. The molecule has 0 fully saturated rings. The van der Waals surface area contributed by atoms with Gasteiger partial charge >= 0.3 is 0 Å². The first-order valence-corrected chi connectivity index (χ1v) is 8.05. The van der Waals surface area contributed by atoms with Crippen molar-refractivity contribution >= 4 is 16.9 Å². The van der Waals surface area contributed by atoms with E-state index in [-0.39, 0.29) is 0 Å². The summed E-state index contributed by atoms with van der Waals surface area (Å²) in [5.41, 5.74) is 1.21. The molecule has 0 aliphatic carbocycles. The summed E-state index contributed by atoms with van der Waals surface area (Å²) in [6, 6.07) is 0. The van der Waals surface area contributed by atoms with Crippen molar-refractivity contribution in [1.29, 1.82) is 0 Å². The van der Waals surface area contributed by atoms with Crippen LogP contribution >= 0.6 is 11.8 Å². The summed E-state index contributed by atoms with van der Waals surface area (Å²) in [6.45, 7) is 9.38. The Morgan fingerprint density at radius 2 is 2.26 bits per heavy atom. The van der Waals surface area contributed by atoms with E-state index in [0.29, 0.717) is 5.25 Å². The van der Waals surface area contributed by atoms with Crippen LogP contribution in [0.15, 0.2) is 17.4 Å². The van der Waals surface area contributed by atoms with Gasteiger partial charge < -0.3 is 5.32 Å². The lowest BCUT2D eigenvalue weighted by atomic mass is 9.99. The summed E-state index contributed by atoms with van der Waals surface area (Å²) in [7, 11) is 0. The Balaban J connectivity index is 1.70. The third-order valence-electron chi connectivity index (χ3n) is 3.63. The first kappa shape index (κ1) is 14.4. The van der Waals surface area contributed by atoms with Crippen LogP contribution in [-0.2, 0) is 6.54 Å². The molecule has 106 valence electrons. The van der Waals surface area contributed by atoms with Crippen LogP contribution in [0.1, 0.15) is 32.3 Å². The number of rotatable bonds is 6. The van der Waals surface area contributed by atoms with Gasteiger partial charge in [-0.1, -0.05) is 38.5 Å². The summed E-state index contributed by atoms with van der Waals surface area (Å²) >= 11 is 1.92. The lowest BCUT2D eigenvalue weighted by Gasteiger charge is -2.18. The lowest BCUT2D eigenvalue weighted by molar-refractivity contribution is 0.479. The first-order chi connectivity index (χ1) is 9.22. The maximum absolute atomic E-state index is 4.61. The number of nitrogens with zero attached hydrogens (tertiary/aromatic N) is 3. The fourth-order valence-electron chi connectivity index (χ4n) is 2.41. The van der Waals surface area contributed by atoms with Crippen LogP contribution in [0.5, 0.6) is 0 Å². The number of amidine groups is 1. The molecular weight excluding hydrogens is 256 g/mol. The van der Waals surface area contributed by atoms with Crippen molar-refractivity contribution in [3.05, 3.63) is 18.0 Å². The minimum atomic E-state index is 0.671. The van der Waals surface area contributed by atoms with Crippen LogP contribution < -0.4 is 5.32 Å². The van der Waals surface area contributed by atoms with Gasteiger partial charge in [0.2, 0.25) is 0 Å². The quantitative estimate of drug-likeness (QED) is 0.871. The number of thioether (sulfide) groups is 1. The Morgan fingerprint density at radius 3 is 2.89 bits per heavy atom. The average Bonchev–Trinajstić information content (AvgIpc) is 3.01. The number of aryl methyl sites for hydroxylation is 1. The van der Waals surface area contributed by atoms with E-state index in [9.17, 15) is 0 Å². The van der Waals surface area contributed by atoms with Crippen LogP contribution in [0.4, 0.5) is 0 Å². The van der Waals surface area contributed by atoms with Crippen LogP contribution in [0, 0.1) is 12.8 Å². The fraction of sp³-hybridized carbons (Fsp3) is 0.714. The first-order valence-electron chi connectivity index (χ1n) is 7.17. The zero-order chi connectivity index (χ0) is 13.7. The van der Waals surface area contributed by atoms with Gasteiger partial charge in [0.05, 0.1) is 19.3 Å². The molecule has 0 bridgehead atoms. The van der Waals surface area contributed by atoms with Gasteiger partial charge in [-0.2, -0.15) is 5.10 Å². The van der Waals surface area contributed by atoms with Crippen LogP contribution in [0.25, 0.3) is 0 Å². The molecule has 1 atom stereocenters. The molecule has 1 aliphatic rings. The third kappa shape index (κ3) is 4.00. The van der Waals surface area contributed by atoms with Gasteiger partial charge in [0, 0.05) is 18.0 Å². The highest BCUT2D eigenvalue weighted by atomic mass is 32.2. The highest BCUT2D eigenvalue weighted by Crippen LogP contribution is 2.30. The lowest BCUT2D eigenvalue weighted by Crippen LogP contribution is -2.25. The largest absolute Gasteiger partial charge is 0.363 e. The van der Waals surface area contributed by atoms with Gasteiger partial charge in [0.1, 0.15) is 0 Å². The number of aliphatic imine (C=N–C) groups is 1. The monoisotopic (exact) mass is 280 g/mol. The zero-order valence-corrected chi connectivity index (χ0v) is 12.9. The second-order valence-electron chi connectivity index (χ2n) is 5.09. The molecule has 5 heteroatoms. The molecule has 2 rings (SSSR count). The molecule has 2 heterocycles. The molecule has 19 heavy (non-hydrogen) atoms. The molecule has 1 unspecified atom stereocenters. The number of hydrogen-bond donors (Lipinski definition) is 1. The molecule has 0 saturated carbocycles. The van der Waals surface area contributed by atoms with E-state index in [4.69, 9.17) is 0 Å². The summed E-state index contributed by atoms with van der Waals surface area (Å²) in [5, 5.41) is 9.49. The van der Waals surface area contributed by atoms with Crippen molar-refractivity contribution < 1.29 is 0 Å². The van der Waals surface area contributed by atoms with E-state index in [0.717, 1.165) is 30.7 Å². The highest BCUT2D eigenvalue weighted by Gasteiger charge is 2.25. The van der Waals surface area contributed by atoms with E-state index in [2.05, 4.69) is 42.4 Å². The van der Waals surface area contributed by atoms with Crippen molar-refractivity contribution in [3.8, 4) is 0 Å². The van der Waals surface area contributed by atoms with Gasteiger partial charge in [-0.15, -0.1) is 0 Å². The molecule has 0 saturated heterocycles. The molecular formula is C14H24N4S. The van der Waals surface area contributed by atoms with Gasteiger partial charge in [-0.05, 0) is 18.4 Å². The second-order valence-corrected chi connectivity index (χ2v) is 6.31. The van der Waals surface area contributed by atoms with E-state index >= 15 is 0 Å².